The number of aromatic nitrogens is 4. The lowest BCUT2D eigenvalue weighted by atomic mass is 10.2. The first kappa shape index (κ1) is 21.2. The predicted molar refractivity (Wildman–Crippen MR) is 122 cm³/mol. The van der Waals surface area contributed by atoms with Crippen LogP contribution in [0.1, 0.15) is 30.7 Å². The summed E-state index contributed by atoms with van der Waals surface area (Å²) in [6.45, 7) is 3.09. The number of carbonyl (C=O) groups is 1. The number of nitrogens with zero attached hydrogens (tertiary/aromatic N) is 4. The number of aryl methyl sites for hydroxylation is 3. The quantitative estimate of drug-likeness (QED) is 0.404. The molecule has 0 aliphatic rings. The average molecular weight is 440 g/mol. The van der Waals surface area contributed by atoms with Gasteiger partial charge in [0, 0.05) is 38.8 Å². The maximum absolute atomic E-state index is 12.9. The van der Waals surface area contributed by atoms with Crippen molar-refractivity contribution < 1.29 is 9.53 Å². The van der Waals surface area contributed by atoms with Crippen molar-refractivity contribution in [2.24, 2.45) is 0 Å². The molecule has 31 heavy (non-hydrogen) atoms. The lowest BCUT2D eigenvalue weighted by molar-refractivity contribution is -0.116. The Labute approximate surface area is 183 Å². The summed E-state index contributed by atoms with van der Waals surface area (Å²) in [6.07, 6.45) is 2.31. The summed E-state index contributed by atoms with van der Waals surface area (Å²) in [5, 5.41) is 13.5. The maximum atomic E-state index is 12.9. The Bertz CT molecular complexity index is 1260. The second-order valence-electron chi connectivity index (χ2n) is 7.46. The summed E-state index contributed by atoms with van der Waals surface area (Å²) in [5.41, 5.74) is 2.71. The molecule has 0 radical (unpaired) electrons. The normalized spacial score (nSPS) is 11.4. The second kappa shape index (κ2) is 9.40. The first-order valence-corrected chi connectivity index (χ1v) is 11.2. The van der Waals surface area contributed by atoms with Crippen LogP contribution < -0.4 is 10.9 Å². The van der Waals surface area contributed by atoms with Gasteiger partial charge in [-0.3, -0.25) is 18.6 Å². The fraction of sp³-hybridized carbons (Fsp3) is 0.364. The molecule has 0 unspecified atom stereocenters. The number of nitrogens with one attached hydrogen (secondary N) is 1. The molecule has 0 aliphatic carbocycles. The molecule has 0 aliphatic heterocycles. The largest absolute Gasteiger partial charge is 0.385 e. The third kappa shape index (κ3) is 4.52. The van der Waals surface area contributed by atoms with Crippen LogP contribution in [-0.2, 0) is 22.5 Å². The summed E-state index contributed by atoms with van der Waals surface area (Å²) in [6, 6.07) is 9.65. The molecule has 0 fully saturated rings. The van der Waals surface area contributed by atoms with Crippen LogP contribution in [0.4, 0.5) is 5.69 Å². The van der Waals surface area contributed by atoms with E-state index in [9.17, 15) is 9.59 Å². The fourth-order valence-corrected chi connectivity index (χ4v) is 4.40. The number of anilines is 1. The van der Waals surface area contributed by atoms with Crippen molar-refractivity contribution in [3.8, 4) is 0 Å². The van der Waals surface area contributed by atoms with Crippen molar-refractivity contribution in [1.29, 1.82) is 0 Å². The Hall–Kier alpha value is -3.04. The molecule has 4 rings (SSSR count). The molecule has 0 atom stereocenters. The monoisotopic (exact) mass is 439 g/mol. The van der Waals surface area contributed by atoms with Gasteiger partial charge in [-0.05, 0) is 43.3 Å². The number of benzene rings is 1. The molecule has 0 saturated heterocycles. The van der Waals surface area contributed by atoms with Crippen LogP contribution in [0.5, 0.6) is 0 Å². The van der Waals surface area contributed by atoms with Crippen LogP contribution >= 0.6 is 11.3 Å². The highest BCUT2D eigenvalue weighted by molar-refractivity contribution is 7.17. The van der Waals surface area contributed by atoms with Crippen molar-refractivity contribution in [2.45, 2.75) is 39.2 Å². The molecule has 1 amide bonds. The molecule has 0 spiro atoms. The number of ether oxygens (including phenoxy) is 1. The third-order valence-electron chi connectivity index (χ3n) is 5.15. The van der Waals surface area contributed by atoms with Crippen molar-refractivity contribution in [3.63, 3.8) is 0 Å². The summed E-state index contributed by atoms with van der Waals surface area (Å²) in [4.78, 5) is 25.2. The first-order chi connectivity index (χ1) is 15.1. The van der Waals surface area contributed by atoms with Gasteiger partial charge in [-0.2, -0.15) is 0 Å². The van der Waals surface area contributed by atoms with E-state index in [0.717, 1.165) is 22.6 Å². The zero-order chi connectivity index (χ0) is 21.8. The van der Waals surface area contributed by atoms with Gasteiger partial charge in [-0.1, -0.05) is 17.7 Å². The van der Waals surface area contributed by atoms with Gasteiger partial charge in [0.1, 0.15) is 10.5 Å². The maximum Gasteiger partial charge on any atom is 0.272 e. The van der Waals surface area contributed by atoms with E-state index >= 15 is 0 Å². The fourth-order valence-electron chi connectivity index (χ4n) is 3.58. The van der Waals surface area contributed by atoms with Gasteiger partial charge in [0.25, 0.3) is 5.56 Å². The van der Waals surface area contributed by atoms with E-state index in [0.29, 0.717) is 49.3 Å². The number of hydrogen-bond donors (Lipinski definition) is 1. The minimum absolute atomic E-state index is 0.0326. The molecule has 1 N–H and O–H groups in total. The number of hydrogen-bond acceptors (Lipinski definition) is 6. The van der Waals surface area contributed by atoms with E-state index in [1.807, 2.05) is 47.0 Å². The minimum Gasteiger partial charge on any atom is -0.385 e. The highest BCUT2D eigenvalue weighted by Crippen LogP contribution is 2.20. The van der Waals surface area contributed by atoms with E-state index in [-0.39, 0.29) is 11.5 Å². The zero-order valence-corrected chi connectivity index (χ0v) is 18.4. The number of carbonyl (C=O) groups excluding carboxylic acids is 1. The van der Waals surface area contributed by atoms with Crippen molar-refractivity contribution >= 4 is 38.9 Å². The lowest BCUT2D eigenvalue weighted by Crippen LogP contribution is -2.23. The molecule has 162 valence electrons. The standard InChI is InChI=1S/C22H25N5O3S/c1-15-7-9-16(10-8-15)23-19(28)6-3-5-18-24-25-22-26(12-4-13-30-2)21(29)20-17(27(18)22)11-14-31-20/h7-11,14H,3-6,12-13H2,1-2H3,(H,23,28). The van der Waals surface area contributed by atoms with Crippen molar-refractivity contribution in [2.75, 3.05) is 19.0 Å². The Balaban J connectivity index is 1.51. The first-order valence-electron chi connectivity index (χ1n) is 10.3. The van der Waals surface area contributed by atoms with Crippen molar-refractivity contribution in [3.05, 3.63) is 57.5 Å². The van der Waals surface area contributed by atoms with Crippen LogP contribution in [0.2, 0.25) is 0 Å². The predicted octanol–water partition coefficient (Wildman–Crippen LogP) is 3.41. The van der Waals surface area contributed by atoms with Crippen molar-refractivity contribution in [1.82, 2.24) is 19.2 Å². The van der Waals surface area contributed by atoms with E-state index in [4.69, 9.17) is 4.74 Å². The molecule has 3 heterocycles. The minimum atomic E-state index is -0.0509. The molecule has 3 aromatic heterocycles. The number of thiophene rings is 1. The number of rotatable bonds is 9. The molecular weight excluding hydrogens is 414 g/mol. The summed E-state index contributed by atoms with van der Waals surface area (Å²) >= 11 is 1.42. The average Bonchev–Trinajstić information content (AvgIpc) is 3.39. The number of amides is 1. The summed E-state index contributed by atoms with van der Waals surface area (Å²) in [7, 11) is 1.64. The summed E-state index contributed by atoms with van der Waals surface area (Å²) in [5.74, 6) is 1.25. The van der Waals surface area contributed by atoms with Gasteiger partial charge in [0.05, 0.1) is 5.52 Å². The van der Waals surface area contributed by atoms with Gasteiger partial charge in [-0.25, -0.2) is 0 Å². The highest BCUT2D eigenvalue weighted by Gasteiger charge is 2.17. The van der Waals surface area contributed by atoms with Crippen LogP contribution in [0, 0.1) is 6.92 Å². The Kier molecular flexibility index (Phi) is 6.43. The smallest absolute Gasteiger partial charge is 0.272 e. The van der Waals surface area contributed by atoms with Gasteiger partial charge in [-0.15, -0.1) is 21.5 Å². The second-order valence-corrected chi connectivity index (χ2v) is 8.37. The van der Waals surface area contributed by atoms with E-state index in [1.165, 1.54) is 11.3 Å². The third-order valence-corrected chi connectivity index (χ3v) is 6.04. The molecular formula is C22H25N5O3S. The van der Waals surface area contributed by atoms with Crippen LogP contribution in [-0.4, -0.2) is 38.8 Å². The SMILES string of the molecule is COCCCn1c(=O)c2sccc2n2c(CCCC(=O)Nc3ccc(C)cc3)nnc12. The van der Waals surface area contributed by atoms with Gasteiger partial charge >= 0.3 is 0 Å². The molecule has 0 bridgehead atoms. The number of fused-ring (bicyclic) bond motifs is 3. The van der Waals surface area contributed by atoms with Gasteiger partial charge < -0.3 is 10.1 Å². The van der Waals surface area contributed by atoms with Crippen LogP contribution in [0.25, 0.3) is 16.0 Å². The molecule has 1 aromatic carbocycles. The lowest BCUT2D eigenvalue weighted by Gasteiger charge is -2.09. The Morgan fingerprint density at radius 2 is 1.97 bits per heavy atom. The Morgan fingerprint density at radius 3 is 2.74 bits per heavy atom. The zero-order valence-electron chi connectivity index (χ0n) is 17.6. The van der Waals surface area contributed by atoms with E-state index in [2.05, 4.69) is 15.5 Å². The molecule has 4 aromatic rings. The van der Waals surface area contributed by atoms with E-state index < -0.39 is 0 Å². The van der Waals surface area contributed by atoms with E-state index in [1.54, 1.807) is 11.7 Å². The molecule has 9 heteroatoms. The molecule has 0 saturated carbocycles. The van der Waals surface area contributed by atoms with Crippen LogP contribution in [0.15, 0.2) is 40.5 Å². The van der Waals surface area contributed by atoms with Crippen LogP contribution in [0.3, 0.4) is 0 Å². The highest BCUT2D eigenvalue weighted by atomic mass is 32.1. The number of methoxy groups -OCH3 is 1. The van der Waals surface area contributed by atoms with Gasteiger partial charge in [0.15, 0.2) is 0 Å². The topological polar surface area (TPSA) is 90.5 Å². The Morgan fingerprint density at radius 1 is 1.16 bits per heavy atom. The van der Waals surface area contributed by atoms with Gasteiger partial charge in [0.2, 0.25) is 11.7 Å². The summed E-state index contributed by atoms with van der Waals surface area (Å²) < 4.78 is 9.41. The molecule has 8 nitrogen and oxygen atoms in total.